The average molecular weight is 478 g/mol. The fraction of sp³-hybridized carbons (Fsp3) is 0.517. The van der Waals surface area contributed by atoms with Crippen molar-refractivity contribution in [1.82, 2.24) is 9.80 Å². The highest BCUT2D eigenvalue weighted by Gasteiger charge is 2.46. The monoisotopic (exact) mass is 477 g/mol. The van der Waals surface area contributed by atoms with Gasteiger partial charge in [-0.25, -0.2) is 4.79 Å². The van der Waals surface area contributed by atoms with Crippen molar-refractivity contribution in [2.24, 2.45) is 11.3 Å². The molecule has 0 saturated carbocycles. The molecule has 3 amide bonds. The molecule has 0 radical (unpaired) electrons. The number of phenols is 1. The molecule has 1 fully saturated rings. The second kappa shape index (κ2) is 9.92. The van der Waals surface area contributed by atoms with Crippen LogP contribution in [0.2, 0.25) is 0 Å². The van der Waals surface area contributed by atoms with E-state index in [4.69, 9.17) is 0 Å². The molecular formula is C29H39N3O3. The third-order valence-electron chi connectivity index (χ3n) is 8.62. The molecule has 6 nitrogen and oxygen atoms in total. The Bertz CT molecular complexity index is 1070. The van der Waals surface area contributed by atoms with Gasteiger partial charge in [-0.05, 0) is 72.3 Å². The molecule has 188 valence electrons. The number of carbonyl (C=O) groups excluding carboxylic acids is 2. The molecule has 1 unspecified atom stereocenters. The number of hydrogen-bond donors (Lipinski definition) is 2. The Balaban J connectivity index is 1.40. The highest BCUT2D eigenvalue weighted by molar-refractivity contribution is 5.93. The summed E-state index contributed by atoms with van der Waals surface area (Å²) in [5.74, 6) is 0.150. The lowest BCUT2D eigenvalue weighted by Gasteiger charge is -2.50. The number of nitrogens with zero attached hydrogens (tertiary/aromatic N) is 2. The third-order valence-corrected chi connectivity index (χ3v) is 8.62. The van der Waals surface area contributed by atoms with Crippen LogP contribution in [-0.4, -0.2) is 53.5 Å². The highest BCUT2D eigenvalue weighted by Crippen LogP contribution is 2.53. The fourth-order valence-electron chi connectivity index (χ4n) is 5.76. The molecule has 0 spiro atoms. The maximum Gasteiger partial charge on any atom is 0.319 e. The number of aromatic hydroxyl groups is 1. The summed E-state index contributed by atoms with van der Waals surface area (Å²) in [4.78, 5) is 29.8. The highest BCUT2D eigenvalue weighted by atomic mass is 16.3. The predicted molar refractivity (Wildman–Crippen MR) is 140 cm³/mol. The summed E-state index contributed by atoms with van der Waals surface area (Å²) >= 11 is 0. The molecule has 35 heavy (non-hydrogen) atoms. The first-order valence-corrected chi connectivity index (χ1v) is 12.8. The molecule has 6 heteroatoms. The molecule has 4 rings (SSSR count). The topological polar surface area (TPSA) is 72.9 Å². The number of amides is 3. The van der Waals surface area contributed by atoms with Gasteiger partial charge in [0.05, 0.1) is 5.92 Å². The van der Waals surface area contributed by atoms with Gasteiger partial charge in [0.25, 0.3) is 0 Å². The van der Waals surface area contributed by atoms with Crippen LogP contribution in [0.15, 0.2) is 48.5 Å². The van der Waals surface area contributed by atoms with E-state index < -0.39 is 0 Å². The quantitative estimate of drug-likeness (QED) is 0.604. The SMILES string of the molecule is CN(CC[C@@]1(C)c2cccc(O)c2CCC1(C)C)C(=O)N1CCCC(C(=O)Nc2ccccc2)C1. The first kappa shape index (κ1) is 25.1. The van der Waals surface area contributed by atoms with Gasteiger partial charge in [-0.15, -0.1) is 0 Å². The molecule has 2 aromatic rings. The largest absolute Gasteiger partial charge is 0.508 e. The number of likely N-dealkylation sites (tertiary alicyclic amines) is 1. The van der Waals surface area contributed by atoms with E-state index in [1.165, 1.54) is 5.56 Å². The Hall–Kier alpha value is -3.02. The molecular weight excluding hydrogens is 438 g/mol. The van der Waals surface area contributed by atoms with Crippen molar-refractivity contribution in [3.63, 3.8) is 0 Å². The number of carbonyl (C=O) groups is 2. The van der Waals surface area contributed by atoms with Gasteiger partial charge >= 0.3 is 6.03 Å². The van der Waals surface area contributed by atoms with Gasteiger partial charge in [-0.2, -0.15) is 0 Å². The number of rotatable bonds is 5. The van der Waals surface area contributed by atoms with Crippen molar-refractivity contribution in [3.05, 3.63) is 59.7 Å². The van der Waals surface area contributed by atoms with Crippen LogP contribution in [0.1, 0.15) is 57.6 Å². The lowest BCUT2D eigenvalue weighted by molar-refractivity contribution is -0.121. The van der Waals surface area contributed by atoms with E-state index in [0.29, 0.717) is 25.4 Å². The Morgan fingerprint density at radius 1 is 1.11 bits per heavy atom. The van der Waals surface area contributed by atoms with Crippen LogP contribution in [0.25, 0.3) is 0 Å². The molecule has 2 N–H and O–H groups in total. The van der Waals surface area contributed by atoms with Crippen LogP contribution in [-0.2, 0) is 16.6 Å². The van der Waals surface area contributed by atoms with Crippen LogP contribution >= 0.6 is 0 Å². The summed E-state index contributed by atoms with van der Waals surface area (Å²) in [5.41, 5.74) is 2.92. The molecule has 2 aromatic carbocycles. The van der Waals surface area contributed by atoms with Crippen molar-refractivity contribution >= 4 is 17.6 Å². The number of anilines is 1. The molecule has 2 atom stereocenters. The van der Waals surface area contributed by atoms with Crippen molar-refractivity contribution in [3.8, 4) is 5.75 Å². The summed E-state index contributed by atoms with van der Waals surface area (Å²) in [6, 6.07) is 15.3. The van der Waals surface area contributed by atoms with Crippen LogP contribution in [0.5, 0.6) is 5.75 Å². The first-order chi connectivity index (χ1) is 16.6. The Morgan fingerprint density at radius 2 is 1.86 bits per heavy atom. The molecule has 1 aliphatic carbocycles. The number of hydrogen-bond acceptors (Lipinski definition) is 3. The van der Waals surface area contributed by atoms with Crippen LogP contribution in [0, 0.1) is 11.3 Å². The number of benzene rings is 2. The lowest BCUT2D eigenvalue weighted by atomic mass is 9.55. The Kier molecular flexibility index (Phi) is 7.11. The van der Waals surface area contributed by atoms with Crippen molar-refractivity contribution in [2.45, 2.75) is 58.3 Å². The van der Waals surface area contributed by atoms with Gasteiger partial charge in [0.1, 0.15) is 5.75 Å². The van der Waals surface area contributed by atoms with Crippen LogP contribution < -0.4 is 5.32 Å². The number of para-hydroxylation sites is 1. The minimum Gasteiger partial charge on any atom is -0.508 e. The smallest absolute Gasteiger partial charge is 0.319 e. The van der Waals surface area contributed by atoms with Gasteiger partial charge in [0.15, 0.2) is 0 Å². The van der Waals surface area contributed by atoms with E-state index in [1.807, 2.05) is 48.3 Å². The van der Waals surface area contributed by atoms with E-state index in [1.54, 1.807) is 11.0 Å². The second-order valence-corrected chi connectivity index (χ2v) is 11.1. The van der Waals surface area contributed by atoms with Crippen LogP contribution in [0.3, 0.4) is 0 Å². The number of piperidine rings is 1. The van der Waals surface area contributed by atoms with Gasteiger partial charge in [-0.1, -0.05) is 51.1 Å². The van der Waals surface area contributed by atoms with Crippen LogP contribution in [0.4, 0.5) is 10.5 Å². The minimum atomic E-state index is -0.203. The first-order valence-electron chi connectivity index (χ1n) is 12.8. The van der Waals surface area contributed by atoms with Gasteiger partial charge < -0.3 is 20.2 Å². The van der Waals surface area contributed by atoms with Crippen molar-refractivity contribution < 1.29 is 14.7 Å². The summed E-state index contributed by atoms with van der Waals surface area (Å²) in [6.45, 7) is 8.60. The zero-order chi connectivity index (χ0) is 25.2. The Morgan fingerprint density at radius 3 is 2.60 bits per heavy atom. The second-order valence-electron chi connectivity index (χ2n) is 11.1. The van der Waals surface area contributed by atoms with Gasteiger partial charge in [-0.3, -0.25) is 4.79 Å². The molecule has 0 bridgehead atoms. The summed E-state index contributed by atoms with van der Waals surface area (Å²) in [7, 11) is 1.86. The third kappa shape index (κ3) is 5.02. The van der Waals surface area contributed by atoms with Gasteiger partial charge in [0.2, 0.25) is 5.91 Å². The Labute approximate surface area is 209 Å². The number of phenolic OH excluding ortho intramolecular Hbond substituents is 1. The molecule has 1 aliphatic heterocycles. The fourth-order valence-corrected chi connectivity index (χ4v) is 5.76. The number of fused-ring (bicyclic) bond motifs is 1. The average Bonchev–Trinajstić information content (AvgIpc) is 2.85. The predicted octanol–water partition coefficient (Wildman–Crippen LogP) is 5.41. The van der Waals surface area contributed by atoms with E-state index >= 15 is 0 Å². The minimum absolute atomic E-state index is 0.0180. The zero-order valence-electron chi connectivity index (χ0n) is 21.5. The van der Waals surface area contributed by atoms with Crippen molar-refractivity contribution in [2.75, 3.05) is 32.0 Å². The van der Waals surface area contributed by atoms with Gasteiger partial charge in [0, 0.05) is 32.4 Å². The van der Waals surface area contributed by atoms with E-state index in [9.17, 15) is 14.7 Å². The normalized spacial score (nSPS) is 23.3. The standard InChI is InChI=1S/C29H39N3O3/c1-28(2)16-15-23-24(13-8-14-25(23)33)29(28,3)17-19-31(4)27(35)32-18-9-10-21(20-32)26(34)30-22-11-6-5-7-12-22/h5-8,11-14,21,33H,9-10,15-20H2,1-4H3,(H,30,34)/t21?,29-/m0/s1. The van der Waals surface area contributed by atoms with Crippen molar-refractivity contribution in [1.29, 1.82) is 0 Å². The molecule has 2 aliphatic rings. The number of nitrogens with one attached hydrogen (secondary N) is 1. The lowest BCUT2D eigenvalue weighted by Crippen LogP contribution is -2.50. The molecule has 0 aromatic heterocycles. The maximum atomic E-state index is 13.3. The maximum absolute atomic E-state index is 13.3. The van der Waals surface area contributed by atoms with E-state index in [-0.39, 0.29) is 28.7 Å². The summed E-state index contributed by atoms with van der Waals surface area (Å²) < 4.78 is 0. The number of urea groups is 1. The molecule has 1 saturated heterocycles. The molecule has 1 heterocycles. The summed E-state index contributed by atoms with van der Waals surface area (Å²) in [6.07, 6.45) is 4.29. The van der Waals surface area contributed by atoms with E-state index in [0.717, 1.165) is 43.4 Å². The van der Waals surface area contributed by atoms with E-state index in [2.05, 4.69) is 32.2 Å². The summed E-state index contributed by atoms with van der Waals surface area (Å²) in [5, 5.41) is 13.4. The zero-order valence-corrected chi connectivity index (χ0v) is 21.5.